The molecule has 0 saturated carbocycles. The molecule has 0 aromatic heterocycles. The summed E-state index contributed by atoms with van der Waals surface area (Å²) in [4.78, 5) is 9.17. The van der Waals surface area contributed by atoms with Crippen LogP contribution in [0.3, 0.4) is 0 Å². The summed E-state index contributed by atoms with van der Waals surface area (Å²) in [6.45, 7) is 3.52. The van der Waals surface area contributed by atoms with E-state index in [1.165, 1.54) is 13.1 Å². The summed E-state index contributed by atoms with van der Waals surface area (Å²) in [6, 6.07) is 8.64. The summed E-state index contributed by atoms with van der Waals surface area (Å²) in [5, 5.41) is 2.12. The van der Waals surface area contributed by atoms with Gasteiger partial charge < -0.3 is 10.1 Å². The number of ether oxygens (including phenoxy) is 1. The van der Waals surface area contributed by atoms with Crippen molar-refractivity contribution in [3.8, 4) is 5.75 Å². The van der Waals surface area contributed by atoms with E-state index >= 15 is 0 Å². The molecule has 0 radical (unpaired) electrons. The molecule has 0 saturated heterocycles. The zero-order valence-electron chi connectivity index (χ0n) is 23.6. The second kappa shape index (κ2) is 12.2. The number of nitrogens with one attached hydrogen (secondary N) is 1. The second-order valence-corrected chi connectivity index (χ2v) is 15.6. The van der Waals surface area contributed by atoms with Gasteiger partial charge in [0, 0.05) is 24.4 Å². The van der Waals surface area contributed by atoms with Crippen LogP contribution in [0, 0.1) is 13.8 Å². The number of sulfonamides is 1. The van der Waals surface area contributed by atoms with Crippen LogP contribution >= 0.6 is 0 Å². The number of alkyl halides is 6. The van der Waals surface area contributed by atoms with E-state index in [0.717, 1.165) is 33.8 Å². The summed E-state index contributed by atoms with van der Waals surface area (Å²) >= 11 is 0. The van der Waals surface area contributed by atoms with Crippen molar-refractivity contribution in [3.05, 3.63) is 76.9 Å². The van der Waals surface area contributed by atoms with Crippen LogP contribution in [-0.2, 0) is 36.3 Å². The first-order valence-electron chi connectivity index (χ1n) is 12.2. The van der Waals surface area contributed by atoms with Crippen molar-refractivity contribution in [2.24, 2.45) is 0 Å². The molecule has 19 heteroatoms. The van der Waals surface area contributed by atoms with E-state index in [4.69, 9.17) is 4.74 Å². The Balaban J connectivity index is 2.11. The van der Waals surface area contributed by atoms with Crippen molar-refractivity contribution >= 4 is 47.0 Å². The van der Waals surface area contributed by atoms with E-state index in [0.29, 0.717) is 5.56 Å². The lowest BCUT2D eigenvalue weighted by atomic mass is 10.1. The van der Waals surface area contributed by atoms with E-state index in [1.54, 1.807) is 13.0 Å². The SMILES string of the molecule is Cc1ccc(C)c(COc2cc(NC(=O)c3cc(S(=O)(=O)C(F)(F)F)cc(S(=O)(=O)C(F)(F)F)c3)ccc2N(C)S(C)(=O)=O)c1. The minimum atomic E-state index is -6.40. The second-order valence-electron chi connectivity index (χ2n) is 9.68. The predicted molar refractivity (Wildman–Crippen MR) is 151 cm³/mol. The smallest absolute Gasteiger partial charge is 0.487 e. The minimum Gasteiger partial charge on any atom is -0.487 e. The van der Waals surface area contributed by atoms with Gasteiger partial charge in [0.2, 0.25) is 10.0 Å². The molecule has 1 N–H and O–H groups in total. The maximum atomic E-state index is 13.2. The molecule has 0 spiro atoms. The lowest BCUT2D eigenvalue weighted by molar-refractivity contribution is -0.0438. The lowest BCUT2D eigenvalue weighted by Crippen LogP contribution is -2.27. The molecule has 45 heavy (non-hydrogen) atoms. The molecule has 10 nitrogen and oxygen atoms in total. The zero-order chi connectivity index (χ0) is 34.3. The summed E-state index contributed by atoms with van der Waals surface area (Å²) in [7, 11) is -15.5. The van der Waals surface area contributed by atoms with Gasteiger partial charge in [-0.05, 0) is 55.3 Å². The summed E-state index contributed by atoms with van der Waals surface area (Å²) < 4.78 is 158. The molecule has 0 heterocycles. The van der Waals surface area contributed by atoms with Crippen LogP contribution in [-0.4, -0.2) is 55.5 Å². The monoisotopic (exact) mass is 702 g/mol. The van der Waals surface area contributed by atoms with Crippen LogP contribution in [0.2, 0.25) is 0 Å². The third-order valence-electron chi connectivity index (χ3n) is 6.31. The molecule has 0 atom stereocenters. The number of carbonyl (C=O) groups is 1. The van der Waals surface area contributed by atoms with E-state index in [1.807, 2.05) is 19.1 Å². The highest BCUT2D eigenvalue weighted by molar-refractivity contribution is 7.93. The van der Waals surface area contributed by atoms with Crippen molar-refractivity contribution < 1.29 is 61.1 Å². The molecule has 1 amide bonds. The van der Waals surface area contributed by atoms with Crippen LogP contribution in [0.1, 0.15) is 27.0 Å². The number of hydrogen-bond acceptors (Lipinski definition) is 8. The Morgan fingerprint density at radius 2 is 1.33 bits per heavy atom. The highest BCUT2D eigenvalue weighted by Gasteiger charge is 2.50. The van der Waals surface area contributed by atoms with Crippen molar-refractivity contribution in [2.45, 2.75) is 41.3 Å². The van der Waals surface area contributed by atoms with Gasteiger partial charge in [-0.3, -0.25) is 9.10 Å². The molecule has 0 aliphatic heterocycles. The third-order valence-corrected chi connectivity index (χ3v) is 10.4. The van der Waals surface area contributed by atoms with Gasteiger partial charge >= 0.3 is 11.0 Å². The van der Waals surface area contributed by atoms with Crippen molar-refractivity contribution in [1.29, 1.82) is 0 Å². The Labute approximate surface area is 254 Å². The molecule has 3 rings (SSSR count). The van der Waals surface area contributed by atoms with Gasteiger partial charge in [0.15, 0.2) is 0 Å². The minimum absolute atomic E-state index is 0.0161. The van der Waals surface area contributed by atoms with Gasteiger partial charge in [0.05, 0.1) is 21.7 Å². The molecule has 0 unspecified atom stereocenters. The quantitative estimate of drug-likeness (QED) is 0.303. The van der Waals surface area contributed by atoms with E-state index < -0.39 is 62.0 Å². The third kappa shape index (κ3) is 7.70. The summed E-state index contributed by atoms with van der Waals surface area (Å²) in [6.07, 6.45) is 0.895. The van der Waals surface area contributed by atoms with Crippen LogP contribution in [0.25, 0.3) is 0 Å². The van der Waals surface area contributed by atoms with Gasteiger partial charge in [-0.25, -0.2) is 25.3 Å². The normalized spacial score (nSPS) is 12.9. The first kappa shape index (κ1) is 35.6. The Bertz CT molecular complexity index is 1910. The van der Waals surface area contributed by atoms with Gasteiger partial charge in [-0.15, -0.1) is 0 Å². The number of sulfone groups is 2. The lowest BCUT2D eigenvalue weighted by Gasteiger charge is -2.22. The van der Waals surface area contributed by atoms with Crippen LogP contribution in [0.4, 0.5) is 37.7 Å². The van der Waals surface area contributed by atoms with Gasteiger partial charge in [0.1, 0.15) is 12.4 Å². The van der Waals surface area contributed by atoms with Crippen LogP contribution in [0.5, 0.6) is 5.75 Å². The van der Waals surface area contributed by atoms with E-state index in [9.17, 15) is 56.4 Å². The highest BCUT2D eigenvalue weighted by Crippen LogP contribution is 2.37. The molecule has 0 aliphatic carbocycles. The topological polar surface area (TPSA) is 144 Å². The zero-order valence-corrected chi connectivity index (χ0v) is 26.1. The fraction of sp³-hybridized carbons (Fsp3) is 0.269. The van der Waals surface area contributed by atoms with E-state index in [2.05, 4.69) is 5.32 Å². The van der Waals surface area contributed by atoms with E-state index in [-0.39, 0.29) is 41.9 Å². The molecular formula is C26H24F6N2O8S3. The number of rotatable bonds is 9. The van der Waals surface area contributed by atoms with Gasteiger partial charge in [-0.2, -0.15) is 26.3 Å². The van der Waals surface area contributed by atoms with Gasteiger partial charge in [-0.1, -0.05) is 23.8 Å². The van der Waals surface area contributed by atoms with Crippen LogP contribution in [0.15, 0.2) is 64.4 Å². The molecule has 0 aliphatic rings. The average Bonchev–Trinajstić information content (AvgIpc) is 2.91. The molecule has 3 aromatic carbocycles. The van der Waals surface area contributed by atoms with Crippen molar-refractivity contribution in [2.75, 3.05) is 22.9 Å². The number of benzene rings is 3. The molecule has 3 aromatic rings. The Hall–Kier alpha value is -3.84. The Morgan fingerprint density at radius 1 is 0.800 bits per heavy atom. The first-order valence-corrected chi connectivity index (χ1v) is 17.0. The predicted octanol–water partition coefficient (Wildman–Crippen LogP) is 5.12. The fourth-order valence-electron chi connectivity index (χ4n) is 3.74. The van der Waals surface area contributed by atoms with Gasteiger partial charge in [0.25, 0.3) is 25.6 Å². The number of hydrogen-bond donors (Lipinski definition) is 1. The number of carbonyl (C=O) groups excluding carboxylic acids is 1. The van der Waals surface area contributed by atoms with Crippen LogP contribution < -0.4 is 14.4 Å². The highest BCUT2D eigenvalue weighted by atomic mass is 32.2. The first-order chi connectivity index (χ1) is 20.4. The fourth-order valence-corrected chi connectivity index (χ4v) is 5.99. The maximum Gasteiger partial charge on any atom is 0.501 e. The molecule has 0 bridgehead atoms. The number of aryl methyl sites for hydroxylation is 2. The molecule has 246 valence electrons. The Kier molecular flexibility index (Phi) is 9.63. The average molecular weight is 703 g/mol. The number of halogens is 6. The number of anilines is 2. The summed E-state index contributed by atoms with van der Waals surface area (Å²) in [5.74, 6) is -1.63. The number of amides is 1. The summed E-state index contributed by atoms with van der Waals surface area (Å²) in [5.41, 5.74) is -11.1. The van der Waals surface area contributed by atoms with Crippen molar-refractivity contribution in [3.63, 3.8) is 0 Å². The maximum absolute atomic E-state index is 13.2. The standard InChI is InChI=1S/C26H24F6N2O8S3/c1-15-5-6-16(2)18(9-15)14-42-23-12-19(7-8-22(23)34(3)43(4,36)37)33-24(35)17-10-20(44(38,39)25(27,28)29)13-21(11-17)45(40,41)26(30,31)32/h5-13H,14H2,1-4H3,(H,33,35). The molecule has 0 fully saturated rings. The molecular weight excluding hydrogens is 678 g/mol. The number of nitrogens with zero attached hydrogens (tertiary/aromatic N) is 1. The Morgan fingerprint density at radius 3 is 1.82 bits per heavy atom. The van der Waals surface area contributed by atoms with Crippen molar-refractivity contribution in [1.82, 2.24) is 0 Å². The largest absolute Gasteiger partial charge is 0.501 e.